The number of hydrogen-bond acceptors (Lipinski definition) is 4. The Kier molecular flexibility index (Phi) is 6.31. The molecule has 0 aliphatic carbocycles. The minimum atomic E-state index is -1.04. The molecule has 0 radical (unpaired) electrons. The second-order valence-electron chi connectivity index (χ2n) is 7.72. The fourth-order valence-corrected chi connectivity index (χ4v) is 3.48. The number of rotatable bonds is 8. The molecule has 0 fully saturated rings. The summed E-state index contributed by atoms with van der Waals surface area (Å²) in [7, 11) is 0. The summed E-state index contributed by atoms with van der Waals surface area (Å²) in [5.74, 6) is -0.947. The first-order chi connectivity index (χ1) is 15.9. The summed E-state index contributed by atoms with van der Waals surface area (Å²) in [4.78, 5) is 30.5. The van der Waals surface area contributed by atoms with Gasteiger partial charge in [0, 0.05) is 37.4 Å². The molecule has 166 valence electrons. The summed E-state index contributed by atoms with van der Waals surface area (Å²) in [6, 6.07) is 16.8. The lowest BCUT2D eigenvalue weighted by molar-refractivity contribution is -0.117. The number of carboxylic acid groups (broad SMARTS) is 1. The SMILES string of the molecule is Cc1cccc(CC(=O)Cc2ccc(Oc3ccnc(-c4cc(C(=O)O)c[nH]4)c3)cc2F)c1. The smallest absolute Gasteiger partial charge is 0.337 e. The van der Waals surface area contributed by atoms with Gasteiger partial charge in [-0.2, -0.15) is 0 Å². The zero-order valence-corrected chi connectivity index (χ0v) is 17.8. The molecule has 0 atom stereocenters. The molecule has 0 bridgehead atoms. The van der Waals surface area contributed by atoms with Gasteiger partial charge >= 0.3 is 5.97 Å². The largest absolute Gasteiger partial charge is 0.478 e. The summed E-state index contributed by atoms with van der Waals surface area (Å²) in [5, 5.41) is 9.06. The van der Waals surface area contributed by atoms with Crippen molar-refractivity contribution in [3.63, 3.8) is 0 Å². The Balaban J connectivity index is 1.44. The van der Waals surface area contributed by atoms with E-state index < -0.39 is 11.8 Å². The van der Waals surface area contributed by atoms with E-state index >= 15 is 0 Å². The molecule has 6 nitrogen and oxygen atoms in total. The van der Waals surface area contributed by atoms with Gasteiger partial charge in [-0.05, 0) is 36.2 Å². The molecule has 0 aliphatic heterocycles. The Morgan fingerprint density at radius 3 is 2.58 bits per heavy atom. The van der Waals surface area contributed by atoms with Crippen LogP contribution in [0.3, 0.4) is 0 Å². The Morgan fingerprint density at radius 2 is 1.85 bits per heavy atom. The van der Waals surface area contributed by atoms with Crippen LogP contribution in [0.4, 0.5) is 4.39 Å². The van der Waals surface area contributed by atoms with Gasteiger partial charge in [-0.3, -0.25) is 9.78 Å². The number of ether oxygens (including phenoxy) is 1. The van der Waals surface area contributed by atoms with Crippen molar-refractivity contribution in [2.75, 3.05) is 0 Å². The van der Waals surface area contributed by atoms with Gasteiger partial charge in [0.05, 0.1) is 17.0 Å². The van der Waals surface area contributed by atoms with Crippen LogP contribution in [0.15, 0.2) is 73.1 Å². The third-order valence-electron chi connectivity index (χ3n) is 5.07. The quantitative estimate of drug-likeness (QED) is 0.381. The van der Waals surface area contributed by atoms with Gasteiger partial charge < -0.3 is 14.8 Å². The second-order valence-corrected chi connectivity index (χ2v) is 7.72. The van der Waals surface area contributed by atoms with E-state index in [1.54, 1.807) is 24.3 Å². The molecule has 0 amide bonds. The van der Waals surface area contributed by atoms with Crippen molar-refractivity contribution in [2.45, 2.75) is 19.8 Å². The van der Waals surface area contributed by atoms with E-state index in [-0.39, 0.29) is 29.9 Å². The fraction of sp³-hybridized carbons (Fsp3) is 0.115. The van der Waals surface area contributed by atoms with Crippen molar-refractivity contribution >= 4 is 11.8 Å². The average Bonchev–Trinajstić information content (AvgIpc) is 3.27. The number of aryl methyl sites for hydroxylation is 1. The third kappa shape index (κ3) is 5.51. The minimum absolute atomic E-state index is 0.00179. The van der Waals surface area contributed by atoms with E-state index in [1.807, 2.05) is 31.2 Å². The number of aromatic carboxylic acids is 1. The summed E-state index contributed by atoms with van der Waals surface area (Å²) in [5.41, 5.74) is 3.42. The lowest BCUT2D eigenvalue weighted by Gasteiger charge is -2.09. The number of carbonyl (C=O) groups excluding carboxylic acids is 1. The zero-order chi connectivity index (χ0) is 23.4. The van der Waals surface area contributed by atoms with Crippen LogP contribution in [-0.2, 0) is 17.6 Å². The van der Waals surface area contributed by atoms with Crippen LogP contribution in [0, 0.1) is 12.7 Å². The number of nitrogens with one attached hydrogen (secondary N) is 1. The number of H-pyrrole nitrogens is 1. The van der Waals surface area contributed by atoms with Crippen LogP contribution < -0.4 is 4.74 Å². The first kappa shape index (κ1) is 22.0. The fourth-order valence-electron chi connectivity index (χ4n) is 3.48. The summed E-state index contributed by atoms with van der Waals surface area (Å²) >= 11 is 0. The van der Waals surface area contributed by atoms with Crippen LogP contribution in [0.2, 0.25) is 0 Å². The molecule has 0 aliphatic rings. The number of carbonyl (C=O) groups is 2. The molecule has 7 heteroatoms. The van der Waals surface area contributed by atoms with E-state index in [0.29, 0.717) is 22.7 Å². The van der Waals surface area contributed by atoms with Crippen molar-refractivity contribution in [3.05, 3.63) is 101 Å². The van der Waals surface area contributed by atoms with Crippen LogP contribution in [-0.4, -0.2) is 26.8 Å². The summed E-state index contributed by atoms with van der Waals surface area (Å²) < 4.78 is 20.4. The Labute approximate surface area is 189 Å². The first-order valence-corrected chi connectivity index (χ1v) is 10.3. The van der Waals surface area contributed by atoms with Crippen LogP contribution >= 0.6 is 0 Å². The predicted octanol–water partition coefficient (Wildman–Crippen LogP) is 5.37. The van der Waals surface area contributed by atoms with Gasteiger partial charge in [0.25, 0.3) is 0 Å². The maximum Gasteiger partial charge on any atom is 0.337 e. The van der Waals surface area contributed by atoms with Crippen molar-refractivity contribution in [1.82, 2.24) is 9.97 Å². The molecule has 4 aromatic rings. The van der Waals surface area contributed by atoms with Crippen molar-refractivity contribution in [1.29, 1.82) is 0 Å². The minimum Gasteiger partial charge on any atom is -0.478 e. The molecule has 2 aromatic heterocycles. The maximum atomic E-state index is 14.6. The van der Waals surface area contributed by atoms with Crippen LogP contribution in [0.1, 0.15) is 27.0 Å². The second kappa shape index (κ2) is 9.48. The van der Waals surface area contributed by atoms with E-state index in [1.165, 1.54) is 24.5 Å². The van der Waals surface area contributed by atoms with Gasteiger partial charge in [-0.15, -0.1) is 0 Å². The number of aromatic nitrogens is 2. The standard InChI is InChI=1S/C26H21FN2O4/c1-16-3-2-4-17(9-16)10-20(30)11-18-5-6-21(13-23(18)27)33-22-7-8-28-25(14-22)24-12-19(15-29-24)26(31)32/h2-9,12-15,29H,10-11H2,1H3,(H,31,32). The number of pyridine rings is 1. The number of benzene rings is 2. The molecular weight excluding hydrogens is 423 g/mol. The molecule has 2 N–H and O–H groups in total. The molecular formula is C26H21FN2O4. The number of Topliss-reactive ketones (excluding diaryl/α,β-unsaturated/α-hetero) is 1. The highest BCUT2D eigenvalue weighted by molar-refractivity contribution is 5.89. The van der Waals surface area contributed by atoms with Gasteiger partial charge in [-0.25, -0.2) is 9.18 Å². The van der Waals surface area contributed by atoms with Gasteiger partial charge in [0.15, 0.2) is 0 Å². The van der Waals surface area contributed by atoms with Gasteiger partial charge in [0.1, 0.15) is 23.1 Å². The highest BCUT2D eigenvalue weighted by atomic mass is 19.1. The highest BCUT2D eigenvalue weighted by Crippen LogP contribution is 2.27. The van der Waals surface area contributed by atoms with Crippen molar-refractivity contribution in [3.8, 4) is 22.9 Å². The monoisotopic (exact) mass is 444 g/mol. The number of carboxylic acids is 1. The highest BCUT2D eigenvalue weighted by Gasteiger charge is 2.12. The molecule has 4 rings (SSSR count). The molecule has 0 spiro atoms. The van der Waals surface area contributed by atoms with Crippen LogP contribution in [0.25, 0.3) is 11.4 Å². The third-order valence-corrected chi connectivity index (χ3v) is 5.07. The average molecular weight is 444 g/mol. The maximum absolute atomic E-state index is 14.6. The van der Waals surface area contributed by atoms with Gasteiger partial charge in [0.2, 0.25) is 0 Å². The van der Waals surface area contributed by atoms with Gasteiger partial charge in [-0.1, -0.05) is 35.9 Å². The number of halogens is 1. The normalized spacial score (nSPS) is 10.7. The lowest BCUT2D eigenvalue weighted by atomic mass is 10.0. The molecule has 2 heterocycles. The summed E-state index contributed by atoms with van der Waals surface area (Å²) in [6.45, 7) is 1.96. The van der Waals surface area contributed by atoms with E-state index in [2.05, 4.69) is 9.97 Å². The Hall–Kier alpha value is -4.26. The zero-order valence-electron chi connectivity index (χ0n) is 17.8. The lowest BCUT2D eigenvalue weighted by Crippen LogP contribution is -2.08. The number of hydrogen-bond donors (Lipinski definition) is 2. The molecule has 0 unspecified atom stereocenters. The molecule has 0 saturated carbocycles. The number of aromatic amines is 1. The first-order valence-electron chi connectivity index (χ1n) is 10.3. The van der Waals surface area contributed by atoms with E-state index in [0.717, 1.165) is 11.1 Å². The Morgan fingerprint density at radius 1 is 1.03 bits per heavy atom. The van der Waals surface area contributed by atoms with Crippen LogP contribution in [0.5, 0.6) is 11.5 Å². The predicted molar refractivity (Wildman–Crippen MR) is 121 cm³/mol. The van der Waals surface area contributed by atoms with E-state index in [4.69, 9.17) is 9.84 Å². The molecule has 33 heavy (non-hydrogen) atoms. The Bertz CT molecular complexity index is 1330. The molecule has 0 saturated heterocycles. The number of nitrogens with zero attached hydrogens (tertiary/aromatic N) is 1. The van der Waals surface area contributed by atoms with Crippen molar-refractivity contribution in [2.24, 2.45) is 0 Å². The summed E-state index contributed by atoms with van der Waals surface area (Å²) in [6.07, 6.45) is 3.14. The van der Waals surface area contributed by atoms with Crippen molar-refractivity contribution < 1.29 is 23.8 Å². The van der Waals surface area contributed by atoms with E-state index in [9.17, 15) is 14.0 Å². The molecule has 2 aromatic carbocycles. The number of ketones is 1. The topological polar surface area (TPSA) is 92.3 Å².